The van der Waals surface area contributed by atoms with E-state index in [9.17, 15) is 0 Å². The van der Waals surface area contributed by atoms with Crippen molar-refractivity contribution in [2.24, 2.45) is 0 Å². The van der Waals surface area contributed by atoms with E-state index in [0.29, 0.717) is 0 Å². The molecule has 4 aliphatic carbocycles. The summed E-state index contributed by atoms with van der Waals surface area (Å²) in [5.41, 5.74) is 22.5. The van der Waals surface area contributed by atoms with Gasteiger partial charge in [0.15, 0.2) is 0 Å². The van der Waals surface area contributed by atoms with Gasteiger partial charge in [-0.3, -0.25) is 0 Å². The molecule has 0 bridgehead atoms. The Morgan fingerprint density at radius 2 is 0.515 bits per heavy atom. The fourth-order valence-electron chi connectivity index (χ4n) is 8.49. The molecule has 0 atom stereocenters. The molecule has 0 fully saturated rings. The molecule has 0 radical (unpaired) electrons. The molecule has 4 aliphatic rings. The van der Waals surface area contributed by atoms with Crippen molar-refractivity contribution < 1.29 is 71.5 Å². The summed E-state index contributed by atoms with van der Waals surface area (Å²) in [6.45, 7) is 9.19. The summed E-state index contributed by atoms with van der Waals surface area (Å²) >= 11 is 3.61. The number of benzene rings is 8. The van der Waals surface area contributed by atoms with Gasteiger partial charge in [-0.15, -0.1) is 22.3 Å². The van der Waals surface area contributed by atoms with Crippen molar-refractivity contribution in [3.63, 3.8) is 0 Å². The molecule has 0 aromatic heterocycles. The zero-order chi connectivity index (χ0) is 44.7. The van der Waals surface area contributed by atoms with Crippen molar-refractivity contribution in [1.29, 1.82) is 0 Å². The van der Waals surface area contributed by atoms with Crippen LogP contribution < -0.4 is 24.8 Å². The van der Waals surface area contributed by atoms with Crippen LogP contribution in [0.5, 0.6) is 0 Å². The van der Waals surface area contributed by atoms with Gasteiger partial charge in [-0.1, -0.05) is 142 Å². The smallest absolute Gasteiger partial charge is 0.0253 e. The second-order valence-electron chi connectivity index (χ2n) is 16.2. The van der Waals surface area contributed by atoms with Gasteiger partial charge in [-0.25, -0.2) is 0 Å². The maximum atomic E-state index is 3.30. The van der Waals surface area contributed by atoms with Crippen molar-refractivity contribution in [1.82, 2.24) is 0 Å². The van der Waals surface area contributed by atoms with E-state index in [0.717, 1.165) is 25.7 Å². The van der Waals surface area contributed by atoms with Crippen LogP contribution in [0.25, 0.3) is 44.5 Å². The third-order valence-corrected chi connectivity index (χ3v) is 26.0. The zero-order valence-corrected chi connectivity index (χ0v) is 47.0. The second-order valence-corrected chi connectivity index (χ2v) is 31.9. The van der Waals surface area contributed by atoms with Gasteiger partial charge in [0.2, 0.25) is 0 Å². The largest absolute Gasteiger partial charge is 1.00 e. The summed E-state index contributed by atoms with van der Waals surface area (Å²) in [6, 6.07) is 78.3. The van der Waals surface area contributed by atoms with Crippen LogP contribution in [0.4, 0.5) is 0 Å². The monoisotopic (exact) mass is 1080 g/mol. The maximum Gasteiger partial charge on any atom is -0.0253 e. The SMILES string of the molecule is CC[Si](=[Zr+2])CC.CC[Si](=[Zr+2])CC.[Cl-].[Cl-].[c-]1cccc2c1Cc1ccccc1-2.[c-]1cccc2c1Cc1ccccc1-2.[c-]1cccc2c1Cc1ccccc1-2.[c-]1cccc2c1Cc1ccccc1-2. The normalized spacial score (nSPS) is 11.3. The molecule has 0 heterocycles. The Kier molecular flexibility index (Phi) is 22.3. The molecule has 0 amide bonds. The minimum Gasteiger partial charge on any atom is -1.00 e. The molecule has 8 aromatic rings. The number of hydrogen-bond acceptors (Lipinski definition) is 0. The third kappa shape index (κ3) is 13.8. The average molecular weight is 1090 g/mol. The standard InChI is InChI=1S/4C13H9.2C4H10Si.2ClH.2Zr/c4*1-3-7-12-10(5-1)9-11-6-2-4-8-13(11)12;2*1-3-5-4-2;;;;/h4*1-5,7-8H,9H2;2*3-4H2,1-2H3;2*1H;;/q4*-1;;;;;2*+2/p-2. The molecule has 0 saturated heterocycles. The van der Waals surface area contributed by atoms with Gasteiger partial charge in [0.25, 0.3) is 0 Å². The summed E-state index contributed by atoms with van der Waals surface area (Å²) in [5, 5.41) is 0. The number of halogens is 2. The average Bonchev–Trinajstić information content (AvgIpc) is 4.15. The van der Waals surface area contributed by atoms with Crippen LogP contribution in [0.3, 0.4) is 0 Å². The quantitative estimate of drug-likeness (QED) is 0.122. The van der Waals surface area contributed by atoms with Crippen LogP contribution in [0.1, 0.15) is 72.2 Å². The van der Waals surface area contributed by atoms with Crippen LogP contribution in [0.15, 0.2) is 170 Å². The summed E-state index contributed by atoms with van der Waals surface area (Å²) in [5.74, 6) is 0. The van der Waals surface area contributed by atoms with Crippen LogP contribution in [0.2, 0.25) is 24.2 Å². The van der Waals surface area contributed by atoms with Crippen LogP contribution in [-0.4, -0.2) is 10.9 Å². The number of rotatable bonds is 4. The molecule has 328 valence electrons. The van der Waals surface area contributed by atoms with E-state index in [2.05, 4.69) is 198 Å². The van der Waals surface area contributed by atoms with Gasteiger partial charge < -0.3 is 24.8 Å². The Morgan fingerprint density at radius 3 is 0.712 bits per heavy atom. The Hall–Kier alpha value is -3.46. The van der Waals surface area contributed by atoms with Crippen molar-refractivity contribution in [3.8, 4) is 44.5 Å². The molecule has 0 N–H and O–H groups in total. The molecular formula is C60H56Cl2Si2Zr2-2. The maximum absolute atomic E-state index is 3.30. The van der Waals surface area contributed by atoms with Gasteiger partial charge in [-0.05, 0) is 25.7 Å². The molecule has 0 unspecified atom stereocenters. The Morgan fingerprint density at radius 1 is 0.318 bits per heavy atom. The van der Waals surface area contributed by atoms with Crippen molar-refractivity contribution in [3.05, 3.63) is 239 Å². The molecule has 0 saturated carbocycles. The summed E-state index contributed by atoms with van der Waals surface area (Å²) in [6.07, 6.45) is 4.19. The van der Waals surface area contributed by atoms with E-state index in [4.69, 9.17) is 0 Å². The fraction of sp³-hybridized carbons (Fsp3) is 0.200. The molecule has 0 spiro atoms. The third-order valence-electron chi connectivity index (χ3n) is 12.2. The van der Waals surface area contributed by atoms with E-state index in [1.54, 1.807) is 46.7 Å². The topological polar surface area (TPSA) is 0 Å². The van der Waals surface area contributed by atoms with Crippen LogP contribution in [-0.2, 0) is 72.4 Å². The minimum atomic E-state index is 0. The summed E-state index contributed by atoms with van der Waals surface area (Å²) < 4.78 is 0. The van der Waals surface area contributed by atoms with Crippen molar-refractivity contribution >= 4 is 10.9 Å². The zero-order valence-electron chi connectivity index (χ0n) is 38.6. The second kappa shape index (κ2) is 27.5. The first-order valence-electron chi connectivity index (χ1n) is 22.9. The van der Waals surface area contributed by atoms with Gasteiger partial charge in [-0.2, -0.15) is 119 Å². The first-order chi connectivity index (χ1) is 31.4. The van der Waals surface area contributed by atoms with Crippen LogP contribution >= 0.6 is 0 Å². The van der Waals surface area contributed by atoms with Gasteiger partial charge >= 0.3 is 109 Å². The van der Waals surface area contributed by atoms with E-state index in [1.165, 1.54) is 113 Å². The first kappa shape index (κ1) is 53.5. The van der Waals surface area contributed by atoms with E-state index >= 15 is 0 Å². The van der Waals surface area contributed by atoms with Crippen molar-refractivity contribution in [2.75, 3.05) is 0 Å². The molecule has 0 nitrogen and oxygen atoms in total. The van der Waals surface area contributed by atoms with E-state index in [1.807, 2.05) is 24.3 Å². The first-order valence-corrected chi connectivity index (χ1v) is 34.1. The summed E-state index contributed by atoms with van der Waals surface area (Å²) in [7, 11) is 0. The number of fused-ring (bicyclic) bond motifs is 12. The number of hydrogen-bond donors (Lipinski definition) is 0. The van der Waals surface area contributed by atoms with E-state index in [-0.39, 0.29) is 35.7 Å². The predicted octanol–water partition coefficient (Wildman–Crippen LogP) is 9.37. The Labute approximate surface area is 438 Å². The molecule has 66 heavy (non-hydrogen) atoms. The summed E-state index contributed by atoms with van der Waals surface area (Å²) in [4.78, 5) is 0. The fourth-order valence-corrected chi connectivity index (χ4v) is 9.49. The molecule has 8 aromatic carbocycles. The molecule has 0 aliphatic heterocycles. The minimum absolute atomic E-state index is 0. The van der Waals surface area contributed by atoms with Crippen molar-refractivity contribution in [2.45, 2.75) is 77.6 Å². The Bertz CT molecular complexity index is 2290. The molecule has 6 heteroatoms. The van der Waals surface area contributed by atoms with Crippen LogP contribution in [0, 0.1) is 24.3 Å². The molecular weight excluding hydrogens is 1030 g/mol. The van der Waals surface area contributed by atoms with Gasteiger partial charge in [0.05, 0.1) is 0 Å². The van der Waals surface area contributed by atoms with Gasteiger partial charge in [0, 0.05) is 0 Å². The van der Waals surface area contributed by atoms with Gasteiger partial charge in [0.1, 0.15) is 0 Å². The van der Waals surface area contributed by atoms with E-state index < -0.39 is 0 Å². The predicted molar refractivity (Wildman–Crippen MR) is 268 cm³/mol. The molecule has 12 rings (SSSR count). The Balaban J connectivity index is 0.000000152.